The summed E-state index contributed by atoms with van der Waals surface area (Å²) in [6.45, 7) is 2.20. The zero-order valence-electron chi connectivity index (χ0n) is 11.1. The number of urea groups is 1. The molecule has 1 heterocycles. The second-order valence-electron chi connectivity index (χ2n) is 4.33. The van der Waals surface area contributed by atoms with E-state index in [2.05, 4.69) is 31.4 Å². The molecule has 2 rings (SSSR count). The quantitative estimate of drug-likeness (QED) is 0.902. The lowest BCUT2D eigenvalue weighted by atomic mass is 10.2. The standard InChI is InChI=1S/C13H14BrFN4O/c1-8-9(7-17-18-8)6-16-13(20)19(2)12-4-3-10(14)5-11(12)15/h3-5,7H,6H2,1-2H3,(H,16,20)(H,17,18). The van der Waals surface area contributed by atoms with E-state index in [-0.39, 0.29) is 11.7 Å². The summed E-state index contributed by atoms with van der Waals surface area (Å²) in [5.74, 6) is -0.462. The number of aromatic nitrogens is 2. The molecule has 106 valence electrons. The van der Waals surface area contributed by atoms with E-state index < -0.39 is 5.82 Å². The van der Waals surface area contributed by atoms with Crippen LogP contribution in [0, 0.1) is 12.7 Å². The molecule has 0 aliphatic carbocycles. The lowest BCUT2D eigenvalue weighted by Crippen LogP contribution is -2.37. The first-order valence-corrected chi connectivity index (χ1v) is 6.74. The summed E-state index contributed by atoms with van der Waals surface area (Å²) >= 11 is 3.18. The Kier molecular flexibility index (Phi) is 4.39. The largest absolute Gasteiger partial charge is 0.333 e. The van der Waals surface area contributed by atoms with E-state index >= 15 is 0 Å². The van der Waals surface area contributed by atoms with Gasteiger partial charge in [0.2, 0.25) is 0 Å². The maximum atomic E-state index is 13.8. The predicted molar refractivity (Wildman–Crippen MR) is 78.1 cm³/mol. The van der Waals surface area contributed by atoms with Gasteiger partial charge in [0.1, 0.15) is 5.82 Å². The van der Waals surface area contributed by atoms with Crippen LogP contribution < -0.4 is 10.2 Å². The molecule has 0 aliphatic rings. The minimum Gasteiger partial charge on any atom is -0.333 e. The number of hydrogen-bond acceptors (Lipinski definition) is 2. The number of aromatic amines is 1. The number of nitrogens with one attached hydrogen (secondary N) is 2. The molecular formula is C13H14BrFN4O. The zero-order valence-corrected chi connectivity index (χ0v) is 12.7. The van der Waals surface area contributed by atoms with E-state index in [4.69, 9.17) is 0 Å². The van der Waals surface area contributed by atoms with Crippen molar-refractivity contribution in [1.29, 1.82) is 0 Å². The number of hydrogen-bond donors (Lipinski definition) is 2. The van der Waals surface area contributed by atoms with Crippen molar-refractivity contribution in [2.45, 2.75) is 13.5 Å². The number of rotatable bonds is 3. The summed E-state index contributed by atoms with van der Waals surface area (Å²) in [4.78, 5) is 13.2. The molecule has 0 bridgehead atoms. The van der Waals surface area contributed by atoms with Gasteiger partial charge >= 0.3 is 6.03 Å². The summed E-state index contributed by atoms with van der Waals surface area (Å²) in [6.07, 6.45) is 1.65. The van der Waals surface area contributed by atoms with Gasteiger partial charge in [0.15, 0.2) is 0 Å². The normalized spacial score (nSPS) is 10.4. The minimum atomic E-state index is -0.462. The van der Waals surface area contributed by atoms with E-state index in [1.54, 1.807) is 18.3 Å². The summed E-state index contributed by atoms with van der Waals surface area (Å²) in [7, 11) is 1.52. The van der Waals surface area contributed by atoms with Crippen LogP contribution in [-0.2, 0) is 6.54 Å². The SMILES string of the molecule is Cc1[nH]ncc1CNC(=O)N(C)c1ccc(Br)cc1F. The maximum Gasteiger partial charge on any atom is 0.321 e. The second-order valence-corrected chi connectivity index (χ2v) is 5.25. The number of carbonyl (C=O) groups is 1. The second kappa shape index (κ2) is 6.04. The number of H-pyrrole nitrogens is 1. The number of amides is 2. The van der Waals surface area contributed by atoms with Gasteiger partial charge in [0.05, 0.1) is 11.9 Å². The third-order valence-corrected chi connectivity index (χ3v) is 3.43. The third kappa shape index (κ3) is 3.16. The highest BCUT2D eigenvalue weighted by Gasteiger charge is 2.15. The molecule has 2 amide bonds. The van der Waals surface area contributed by atoms with Gasteiger partial charge in [-0.25, -0.2) is 9.18 Å². The molecule has 0 saturated carbocycles. The lowest BCUT2D eigenvalue weighted by Gasteiger charge is -2.18. The molecule has 0 fully saturated rings. The fourth-order valence-corrected chi connectivity index (χ4v) is 2.04. The molecule has 0 atom stereocenters. The van der Waals surface area contributed by atoms with Gasteiger partial charge in [-0.1, -0.05) is 15.9 Å². The van der Waals surface area contributed by atoms with Crippen LogP contribution in [0.15, 0.2) is 28.9 Å². The van der Waals surface area contributed by atoms with Crippen molar-refractivity contribution >= 4 is 27.6 Å². The van der Waals surface area contributed by atoms with Crippen molar-refractivity contribution in [2.24, 2.45) is 0 Å². The monoisotopic (exact) mass is 340 g/mol. The fourth-order valence-electron chi connectivity index (χ4n) is 1.71. The molecule has 2 aromatic rings. The molecule has 5 nitrogen and oxygen atoms in total. The number of aryl methyl sites for hydroxylation is 1. The predicted octanol–water partition coefficient (Wildman–Crippen LogP) is 2.97. The first kappa shape index (κ1) is 14.5. The molecule has 2 N–H and O–H groups in total. The highest BCUT2D eigenvalue weighted by atomic mass is 79.9. The topological polar surface area (TPSA) is 61.0 Å². The van der Waals surface area contributed by atoms with Gasteiger partial charge in [-0.2, -0.15) is 5.10 Å². The third-order valence-electron chi connectivity index (χ3n) is 2.94. The summed E-state index contributed by atoms with van der Waals surface area (Å²) in [5.41, 5.74) is 2.00. The average molecular weight is 341 g/mol. The van der Waals surface area contributed by atoms with Crippen molar-refractivity contribution < 1.29 is 9.18 Å². The Hall–Kier alpha value is -1.89. The smallest absolute Gasteiger partial charge is 0.321 e. The Morgan fingerprint density at radius 3 is 2.90 bits per heavy atom. The van der Waals surface area contributed by atoms with E-state index in [1.807, 2.05) is 6.92 Å². The minimum absolute atomic E-state index is 0.217. The van der Waals surface area contributed by atoms with Gasteiger partial charge in [-0.15, -0.1) is 0 Å². The first-order valence-electron chi connectivity index (χ1n) is 5.94. The molecule has 7 heteroatoms. The Morgan fingerprint density at radius 1 is 1.55 bits per heavy atom. The molecule has 20 heavy (non-hydrogen) atoms. The van der Waals surface area contributed by atoms with Gasteiger partial charge in [0.25, 0.3) is 0 Å². The number of halogens is 2. The van der Waals surface area contributed by atoms with E-state index in [9.17, 15) is 9.18 Å². The molecule has 1 aromatic heterocycles. The van der Waals surface area contributed by atoms with E-state index in [0.29, 0.717) is 11.0 Å². The molecule has 0 radical (unpaired) electrons. The van der Waals surface area contributed by atoms with Gasteiger partial charge in [-0.05, 0) is 25.1 Å². The van der Waals surface area contributed by atoms with Crippen LogP contribution in [0.25, 0.3) is 0 Å². The van der Waals surface area contributed by atoms with E-state index in [0.717, 1.165) is 11.3 Å². The Labute approximate surface area is 124 Å². The van der Waals surface area contributed by atoms with Crippen LogP contribution >= 0.6 is 15.9 Å². The average Bonchev–Trinajstić information content (AvgIpc) is 2.81. The highest BCUT2D eigenvalue weighted by molar-refractivity contribution is 9.10. The molecule has 0 spiro atoms. The summed E-state index contributed by atoms with van der Waals surface area (Å²) in [6, 6.07) is 4.16. The molecule has 0 unspecified atom stereocenters. The number of nitrogens with zero attached hydrogens (tertiary/aromatic N) is 2. The maximum absolute atomic E-state index is 13.8. The summed E-state index contributed by atoms with van der Waals surface area (Å²) in [5, 5.41) is 9.37. The number of carbonyl (C=O) groups excluding carboxylic acids is 1. The van der Waals surface area contributed by atoms with E-state index in [1.165, 1.54) is 18.0 Å². The van der Waals surface area contributed by atoms with Gasteiger partial charge in [-0.3, -0.25) is 10.00 Å². The van der Waals surface area contributed by atoms with Crippen LogP contribution in [0.2, 0.25) is 0 Å². The highest BCUT2D eigenvalue weighted by Crippen LogP contribution is 2.22. The molecular weight excluding hydrogens is 327 g/mol. The Bertz CT molecular complexity index is 629. The van der Waals surface area contributed by atoms with Crippen molar-refractivity contribution in [3.63, 3.8) is 0 Å². The number of anilines is 1. The number of benzene rings is 1. The van der Waals surface area contributed by atoms with Crippen LogP contribution in [0.1, 0.15) is 11.3 Å². The Balaban J connectivity index is 2.03. The van der Waals surface area contributed by atoms with Crippen LogP contribution in [-0.4, -0.2) is 23.3 Å². The van der Waals surface area contributed by atoms with Crippen molar-refractivity contribution in [3.8, 4) is 0 Å². The van der Waals surface area contributed by atoms with Crippen molar-refractivity contribution in [1.82, 2.24) is 15.5 Å². The van der Waals surface area contributed by atoms with Gasteiger partial charge in [0, 0.05) is 29.3 Å². The molecule has 0 aliphatic heterocycles. The Morgan fingerprint density at radius 2 is 2.30 bits per heavy atom. The first-order chi connectivity index (χ1) is 9.49. The zero-order chi connectivity index (χ0) is 14.7. The van der Waals surface area contributed by atoms with Crippen molar-refractivity contribution in [3.05, 3.63) is 45.9 Å². The molecule has 0 saturated heterocycles. The van der Waals surface area contributed by atoms with Gasteiger partial charge < -0.3 is 5.32 Å². The van der Waals surface area contributed by atoms with Crippen LogP contribution in [0.5, 0.6) is 0 Å². The van der Waals surface area contributed by atoms with Crippen LogP contribution in [0.4, 0.5) is 14.9 Å². The van der Waals surface area contributed by atoms with Crippen LogP contribution in [0.3, 0.4) is 0 Å². The molecule has 1 aromatic carbocycles. The lowest BCUT2D eigenvalue weighted by molar-refractivity contribution is 0.247. The van der Waals surface area contributed by atoms with Crippen molar-refractivity contribution in [2.75, 3.05) is 11.9 Å². The summed E-state index contributed by atoms with van der Waals surface area (Å²) < 4.78 is 14.4. The fraction of sp³-hybridized carbons (Fsp3) is 0.231.